The van der Waals surface area contributed by atoms with Gasteiger partial charge in [0.25, 0.3) is 5.91 Å². The lowest BCUT2D eigenvalue weighted by atomic mass is 10.2. The highest BCUT2D eigenvalue weighted by molar-refractivity contribution is 7.22. The number of aryl methyl sites for hydroxylation is 1. The molecule has 28 heavy (non-hydrogen) atoms. The Labute approximate surface area is 169 Å². The van der Waals surface area contributed by atoms with E-state index in [0.29, 0.717) is 10.6 Å². The van der Waals surface area contributed by atoms with Crippen LogP contribution >= 0.6 is 22.7 Å². The molecular weight excluding hydrogens is 406 g/mol. The first-order valence-electron chi connectivity index (χ1n) is 8.27. The lowest BCUT2D eigenvalue weighted by molar-refractivity contribution is -0.0512. The summed E-state index contributed by atoms with van der Waals surface area (Å²) >= 11 is 2.94. The second-order valence-electron chi connectivity index (χ2n) is 5.94. The van der Waals surface area contributed by atoms with Crippen LogP contribution < -0.4 is 9.47 Å². The van der Waals surface area contributed by atoms with E-state index in [-0.39, 0.29) is 24.0 Å². The third kappa shape index (κ3) is 4.48. The number of carbonyl (C=O) groups is 1. The van der Waals surface area contributed by atoms with Crippen LogP contribution in [0.5, 0.6) is 11.5 Å². The van der Waals surface area contributed by atoms with E-state index >= 15 is 0 Å². The minimum Gasteiger partial charge on any atom is -0.493 e. The average molecular weight is 424 g/mol. The van der Waals surface area contributed by atoms with E-state index in [2.05, 4.69) is 9.72 Å². The smallest absolute Gasteiger partial charge is 0.387 e. The van der Waals surface area contributed by atoms with E-state index < -0.39 is 6.61 Å². The van der Waals surface area contributed by atoms with Gasteiger partial charge >= 0.3 is 6.61 Å². The van der Waals surface area contributed by atoms with Crippen molar-refractivity contribution < 1.29 is 23.0 Å². The number of hydrogen-bond donors (Lipinski definition) is 0. The Balaban J connectivity index is 1.76. The summed E-state index contributed by atoms with van der Waals surface area (Å²) in [6.45, 7) is -0.833. The molecule has 0 aliphatic rings. The maximum Gasteiger partial charge on any atom is 0.387 e. The van der Waals surface area contributed by atoms with Gasteiger partial charge in [-0.3, -0.25) is 4.79 Å². The van der Waals surface area contributed by atoms with Crippen LogP contribution in [0.3, 0.4) is 0 Å². The molecule has 5 nitrogen and oxygen atoms in total. The highest BCUT2D eigenvalue weighted by atomic mass is 32.1. The molecule has 0 radical (unpaired) electrons. The lowest BCUT2D eigenvalue weighted by Crippen LogP contribution is -2.26. The summed E-state index contributed by atoms with van der Waals surface area (Å²) in [7, 11) is 3.06. The van der Waals surface area contributed by atoms with Gasteiger partial charge in [-0.05, 0) is 36.1 Å². The molecule has 3 aromatic rings. The SMILES string of the molecule is COc1cc(CN(C)C(=O)c2sc(-c3cccs3)nc2C)ccc1OC(F)F. The molecular formula is C19H18F2N2O3S2. The molecule has 0 fully saturated rings. The van der Waals surface area contributed by atoms with Crippen molar-refractivity contribution in [1.29, 1.82) is 0 Å². The Morgan fingerprint density at radius 1 is 1.29 bits per heavy atom. The Morgan fingerprint density at radius 2 is 2.07 bits per heavy atom. The second kappa shape index (κ2) is 8.66. The number of aromatic nitrogens is 1. The fraction of sp³-hybridized carbons (Fsp3) is 0.263. The van der Waals surface area contributed by atoms with Gasteiger partial charge in [0.2, 0.25) is 0 Å². The zero-order chi connectivity index (χ0) is 20.3. The number of thiazole rings is 1. The molecule has 0 bridgehead atoms. The molecule has 1 amide bonds. The van der Waals surface area contributed by atoms with E-state index in [0.717, 1.165) is 15.4 Å². The molecule has 9 heteroatoms. The number of amides is 1. The first kappa shape index (κ1) is 20.2. The number of ether oxygens (including phenoxy) is 2. The first-order valence-corrected chi connectivity index (χ1v) is 9.97. The standard InChI is InChI=1S/C19H18F2N2O3S2/c1-11-16(28-17(22-11)15-5-4-8-27-15)18(24)23(2)10-12-6-7-13(26-19(20)21)14(9-12)25-3/h4-9,19H,10H2,1-3H3. The van der Waals surface area contributed by atoms with Crippen molar-refractivity contribution in [3.05, 3.63) is 51.8 Å². The molecule has 148 valence electrons. The van der Waals surface area contributed by atoms with E-state index in [1.54, 1.807) is 35.4 Å². The fourth-order valence-corrected chi connectivity index (χ4v) is 4.48. The molecule has 3 rings (SSSR count). The summed E-state index contributed by atoms with van der Waals surface area (Å²) in [6.07, 6.45) is 0. The van der Waals surface area contributed by atoms with Gasteiger partial charge in [0, 0.05) is 13.6 Å². The van der Waals surface area contributed by atoms with Gasteiger partial charge in [0.15, 0.2) is 11.5 Å². The van der Waals surface area contributed by atoms with Gasteiger partial charge in [-0.15, -0.1) is 22.7 Å². The number of carbonyl (C=O) groups excluding carboxylic acids is 1. The van der Waals surface area contributed by atoms with Crippen LogP contribution in [0.2, 0.25) is 0 Å². The maximum atomic E-state index is 12.9. The summed E-state index contributed by atoms with van der Waals surface area (Å²) < 4.78 is 34.4. The highest BCUT2D eigenvalue weighted by Crippen LogP contribution is 2.32. The van der Waals surface area contributed by atoms with E-state index in [1.165, 1.54) is 24.5 Å². The molecule has 2 heterocycles. The van der Waals surface area contributed by atoms with Crippen LogP contribution in [0.1, 0.15) is 20.9 Å². The van der Waals surface area contributed by atoms with Crippen molar-refractivity contribution in [3.63, 3.8) is 0 Å². The summed E-state index contributed by atoms with van der Waals surface area (Å²) in [5.41, 5.74) is 1.42. The number of methoxy groups -OCH3 is 1. The zero-order valence-electron chi connectivity index (χ0n) is 15.4. The predicted molar refractivity (Wildman–Crippen MR) is 106 cm³/mol. The van der Waals surface area contributed by atoms with Crippen molar-refractivity contribution in [1.82, 2.24) is 9.88 Å². The van der Waals surface area contributed by atoms with Gasteiger partial charge in [0.05, 0.1) is 17.7 Å². The normalized spacial score (nSPS) is 10.9. The van der Waals surface area contributed by atoms with Crippen molar-refractivity contribution in [2.75, 3.05) is 14.2 Å². The molecule has 0 spiro atoms. The summed E-state index contributed by atoms with van der Waals surface area (Å²) in [5.74, 6) is -0.00796. The van der Waals surface area contributed by atoms with Crippen LogP contribution in [-0.2, 0) is 6.54 Å². The Kier molecular flexibility index (Phi) is 6.25. The summed E-state index contributed by atoms with van der Waals surface area (Å²) in [6, 6.07) is 8.53. The van der Waals surface area contributed by atoms with Crippen molar-refractivity contribution in [3.8, 4) is 21.4 Å². The number of benzene rings is 1. The number of thiophene rings is 1. The van der Waals surface area contributed by atoms with E-state index in [9.17, 15) is 13.6 Å². The third-order valence-electron chi connectivity index (χ3n) is 3.93. The maximum absolute atomic E-state index is 12.9. The zero-order valence-corrected chi connectivity index (χ0v) is 17.1. The molecule has 0 saturated heterocycles. The number of nitrogens with zero attached hydrogens (tertiary/aromatic N) is 2. The van der Waals surface area contributed by atoms with Gasteiger partial charge in [0.1, 0.15) is 9.88 Å². The Bertz CT molecular complexity index is 958. The minimum atomic E-state index is -2.93. The van der Waals surface area contributed by atoms with Crippen molar-refractivity contribution in [2.24, 2.45) is 0 Å². The third-order valence-corrected chi connectivity index (χ3v) is 6.12. The number of halogens is 2. The molecule has 0 saturated carbocycles. The quantitative estimate of drug-likeness (QED) is 0.532. The van der Waals surface area contributed by atoms with Crippen LogP contribution in [-0.4, -0.2) is 36.6 Å². The average Bonchev–Trinajstić information content (AvgIpc) is 3.31. The fourth-order valence-electron chi connectivity index (χ4n) is 2.62. The van der Waals surface area contributed by atoms with E-state index in [1.807, 2.05) is 24.4 Å². The van der Waals surface area contributed by atoms with Crippen LogP contribution in [0.25, 0.3) is 9.88 Å². The van der Waals surface area contributed by atoms with Gasteiger partial charge < -0.3 is 14.4 Å². The van der Waals surface area contributed by atoms with Gasteiger partial charge in [-0.25, -0.2) is 4.98 Å². The Hall–Kier alpha value is -2.52. The number of alkyl halides is 2. The molecule has 2 aromatic heterocycles. The molecule has 0 aliphatic carbocycles. The minimum absolute atomic E-state index is 0.0471. The predicted octanol–water partition coefficient (Wildman–Crippen LogP) is 5.06. The second-order valence-corrected chi connectivity index (χ2v) is 7.88. The van der Waals surface area contributed by atoms with Crippen molar-refractivity contribution >= 4 is 28.6 Å². The summed E-state index contributed by atoms with van der Waals surface area (Å²) in [4.78, 5) is 20.5. The largest absolute Gasteiger partial charge is 0.493 e. The van der Waals surface area contributed by atoms with Crippen molar-refractivity contribution in [2.45, 2.75) is 20.1 Å². The Morgan fingerprint density at radius 3 is 2.71 bits per heavy atom. The van der Waals surface area contributed by atoms with Crippen LogP contribution in [0.15, 0.2) is 35.7 Å². The van der Waals surface area contributed by atoms with Crippen LogP contribution in [0.4, 0.5) is 8.78 Å². The van der Waals surface area contributed by atoms with Gasteiger partial charge in [-0.1, -0.05) is 12.1 Å². The highest BCUT2D eigenvalue weighted by Gasteiger charge is 2.21. The summed E-state index contributed by atoms with van der Waals surface area (Å²) in [5, 5.41) is 2.79. The first-order chi connectivity index (χ1) is 13.4. The van der Waals surface area contributed by atoms with Gasteiger partial charge in [-0.2, -0.15) is 8.78 Å². The molecule has 0 atom stereocenters. The number of hydrogen-bond acceptors (Lipinski definition) is 6. The molecule has 0 N–H and O–H groups in total. The molecule has 0 aliphatic heterocycles. The van der Waals surface area contributed by atoms with E-state index in [4.69, 9.17) is 4.74 Å². The number of rotatable bonds is 7. The topological polar surface area (TPSA) is 51.7 Å². The lowest BCUT2D eigenvalue weighted by Gasteiger charge is -2.18. The monoisotopic (exact) mass is 424 g/mol. The van der Waals surface area contributed by atoms with Crippen LogP contribution in [0, 0.1) is 6.92 Å². The molecule has 0 unspecified atom stereocenters. The molecule has 1 aromatic carbocycles.